The van der Waals surface area contributed by atoms with Crippen LogP contribution in [0.1, 0.15) is 0 Å². The van der Waals surface area contributed by atoms with Crippen molar-refractivity contribution in [2.45, 2.75) is 4.90 Å². The lowest BCUT2D eigenvalue weighted by atomic mass is 10.3. The molecule has 0 aliphatic heterocycles. The van der Waals surface area contributed by atoms with Crippen molar-refractivity contribution in [1.82, 2.24) is 0 Å². The third kappa shape index (κ3) is 2.60. The number of halogens is 1. The summed E-state index contributed by atoms with van der Waals surface area (Å²) in [5.74, 6) is -0.695. The molecular formula is C12H10FNO3S. The van der Waals surface area contributed by atoms with Gasteiger partial charge in [-0.15, -0.1) is 0 Å². The Bertz CT molecular complexity index is 653. The van der Waals surface area contributed by atoms with Crippen LogP contribution in [0.3, 0.4) is 0 Å². The number of hydrogen-bond donors (Lipinski definition) is 2. The molecule has 2 aromatic rings. The molecule has 2 aromatic carbocycles. The van der Waals surface area contributed by atoms with Crippen molar-refractivity contribution in [3.05, 3.63) is 54.3 Å². The van der Waals surface area contributed by atoms with Gasteiger partial charge in [-0.1, -0.05) is 12.1 Å². The number of nitrogens with one attached hydrogen (secondary N) is 1. The topological polar surface area (TPSA) is 66.4 Å². The lowest BCUT2D eigenvalue weighted by Gasteiger charge is -2.08. The maximum absolute atomic E-state index is 13.3. The first-order chi connectivity index (χ1) is 8.49. The second-order valence-corrected chi connectivity index (χ2v) is 5.26. The molecule has 94 valence electrons. The van der Waals surface area contributed by atoms with Gasteiger partial charge in [0.2, 0.25) is 0 Å². The molecule has 0 unspecified atom stereocenters. The van der Waals surface area contributed by atoms with Gasteiger partial charge in [-0.3, -0.25) is 4.72 Å². The van der Waals surface area contributed by atoms with Gasteiger partial charge in [-0.25, -0.2) is 12.8 Å². The Hall–Kier alpha value is -2.08. The Morgan fingerprint density at radius 2 is 1.61 bits per heavy atom. The molecule has 6 heteroatoms. The van der Waals surface area contributed by atoms with E-state index in [9.17, 15) is 12.8 Å². The van der Waals surface area contributed by atoms with Crippen molar-refractivity contribution < 1.29 is 17.9 Å². The second-order valence-electron chi connectivity index (χ2n) is 3.58. The van der Waals surface area contributed by atoms with Crippen LogP contribution in [0.15, 0.2) is 53.4 Å². The summed E-state index contributed by atoms with van der Waals surface area (Å²) in [6.45, 7) is 0. The van der Waals surface area contributed by atoms with Gasteiger partial charge in [0.05, 0.1) is 10.6 Å². The van der Waals surface area contributed by atoms with Gasteiger partial charge < -0.3 is 5.11 Å². The molecule has 4 nitrogen and oxygen atoms in total. The highest BCUT2D eigenvalue weighted by atomic mass is 32.2. The van der Waals surface area contributed by atoms with Crippen molar-refractivity contribution in [2.24, 2.45) is 0 Å². The summed E-state index contributed by atoms with van der Waals surface area (Å²) in [4.78, 5) is -0.0523. The number of sulfonamides is 1. The Balaban J connectivity index is 2.33. The zero-order chi connectivity index (χ0) is 13.2. The lowest BCUT2D eigenvalue weighted by molar-refractivity contribution is 0.475. The molecule has 0 fully saturated rings. The van der Waals surface area contributed by atoms with Crippen LogP contribution in [0, 0.1) is 5.82 Å². The smallest absolute Gasteiger partial charge is 0.261 e. The molecule has 18 heavy (non-hydrogen) atoms. The van der Waals surface area contributed by atoms with E-state index in [1.54, 1.807) is 0 Å². The minimum atomic E-state index is -3.85. The molecule has 0 atom stereocenters. The first-order valence-corrected chi connectivity index (χ1v) is 6.54. The standard InChI is InChI=1S/C12H10FNO3S/c13-11-3-1-2-4-12(11)14-18(16,17)10-7-5-9(15)6-8-10/h1-8,14-15H. The average molecular weight is 267 g/mol. The second kappa shape index (κ2) is 4.66. The number of phenols is 1. The first-order valence-electron chi connectivity index (χ1n) is 5.05. The number of benzene rings is 2. The molecule has 0 heterocycles. The van der Waals surface area contributed by atoms with Crippen molar-refractivity contribution >= 4 is 15.7 Å². The van der Waals surface area contributed by atoms with E-state index in [4.69, 9.17) is 5.11 Å². The monoisotopic (exact) mass is 267 g/mol. The zero-order valence-electron chi connectivity index (χ0n) is 9.17. The van der Waals surface area contributed by atoms with E-state index in [0.29, 0.717) is 0 Å². The number of rotatable bonds is 3. The van der Waals surface area contributed by atoms with Crippen LogP contribution >= 0.6 is 0 Å². The van der Waals surface area contributed by atoms with Crippen LogP contribution in [-0.4, -0.2) is 13.5 Å². The molecule has 0 bridgehead atoms. The minimum absolute atomic E-state index is 0.0418. The number of anilines is 1. The molecular weight excluding hydrogens is 257 g/mol. The van der Waals surface area contributed by atoms with E-state index in [2.05, 4.69) is 4.72 Å². The molecule has 0 spiro atoms. The Morgan fingerprint density at radius 3 is 2.22 bits per heavy atom. The molecule has 2 rings (SSSR count). The highest BCUT2D eigenvalue weighted by molar-refractivity contribution is 7.92. The van der Waals surface area contributed by atoms with Gasteiger partial charge in [0, 0.05) is 0 Å². The van der Waals surface area contributed by atoms with Crippen LogP contribution in [0.4, 0.5) is 10.1 Å². The SMILES string of the molecule is O=S(=O)(Nc1ccccc1F)c1ccc(O)cc1. The molecule has 0 amide bonds. The summed E-state index contributed by atoms with van der Waals surface area (Å²) in [7, 11) is -3.85. The Morgan fingerprint density at radius 1 is 1.00 bits per heavy atom. The number of para-hydroxylation sites is 1. The summed E-state index contributed by atoms with van der Waals surface area (Å²) in [5.41, 5.74) is -0.120. The van der Waals surface area contributed by atoms with Gasteiger partial charge in [0.15, 0.2) is 0 Å². The van der Waals surface area contributed by atoms with Gasteiger partial charge in [0.25, 0.3) is 10.0 Å². The van der Waals surface area contributed by atoms with Crippen molar-refractivity contribution in [3.63, 3.8) is 0 Å². The van der Waals surface area contributed by atoms with Gasteiger partial charge in [0.1, 0.15) is 11.6 Å². The summed E-state index contributed by atoms with van der Waals surface area (Å²) in [6, 6.07) is 10.4. The van der Waals surface area contributed by atoms with Crippen LogP contribution in [0.2, 0.25) is 0 Å². The molecule has 0 aromatic heterocycles. The third-order valence-electron chi connectivity index (χ3n) is 2.27. The van der Waals surface area contributed by atoms with Crippen molar-refractivity contribution in [3.8, 4) is 5.75 Å². The summed E-state index contributed by atoms with van der Waals surface area (Å²) in [5, 5.41) is 9.08. The van der Waals surface area contributed by atoms with Crippen molar-refractivity contribution in [2.75, 3.05) is 4.72 Å². The fourth-order valence-corrected chi connectivity index (χ4v) is 2.44. The average Bonchev–Trinajstić information content (AvgIpc) is 2.32. The minimum Gasteiger partial charge on any atom is -0.508 e. The molecule has 0 saturated heterocycles. The van der Waals surface area contributed by atoms with Gasteiger partial charge in [-0.2, -0.15) is 0 Å². The van der Waals surface area contributed by atoms with E-state index in [1.165, 1.54) is 42.5 Å². The highest BCUT2D eigenvalue weighted by Crippen LogP contribution is 2.20. The summed E-state index contributed by atoms with van der Waals surface area (Å²) < 4.78 is 39.3. The maximum Gasteiger partial charge on any atom is 0.261 e. The van der Waals surface area contributed by atoms with Crippen LogP contribution in [0.25, 0.3) is 0 Å². The van der Waals surface area contributed by atoms with E-state index in [1.807, 2.05) is 0 Å². The van der Waals surface area contributed by atoms with Crippen LogP contribution in [-0.2, 0) is 10.0 Å². The van der Waals surface area contributed by atoms with Crippen LogP contribution < -0.4 is 4.72 Å². The van der Waals surface area contributed by atoms with Gasteiger partial charge >= 0.3 is 0 Å². The summed E-state index contributed by atoms with van der Waals surface area (Å²) >= 11 is 0. The van der Waals surface area contributed by atoms with Crippen molar-refractivity contribution in [1.29, 1.82) is 0 Å². The fraction of sp³-hybridized carbons (Fsp3) is 0. The largest absolute Gasteiger partial charge is 0.508 e. The molecule has 2 N–H and O–H groups in total. The van der Waals surface area contributed by atoms with E-state index >= 15 is 0 Å². The predicted octanol–water partition coefficient (Wildman–Crippen LogP) is 2.33. The van der Waals surface area contributed by atoms with E-state index < -0.39 is 15.8 Å². The maximum atomic E-state index is 13.3. The molecule has 0 saturated carbocycles. The van der Waals surface area contributed by atoms with Gasteiger partial charge in [-0.05, 0) is 36.4 Å². The van der Waals surface area contributed by atoms with E-state index in [0.717, 1.165) is 6.07 Å². The van der Waals surface area contributed by atoms with E-state index in [-0.39, 0.29) is 16.3 Å². The highest BCUT2D eigenvalue weighted by Gasteiger charge is 2.15. The Labute approximate surface area is 104 Å². The number of phenolic OH excluding ortho intramolecular Hbond substituents is 1. The first kappa shape index (κ1) is 12.4. The fourth-order valence-electron chi connectivity index (χ4n) is 1.37. The number of hydrogen-bond acceptors (Lipinski definition) is 3. The normalized spacial score (nSPS) is 11.2. The number of aromatic hydroxyl groups is 1. The zero-order valence-corrected chi connectivity index (χ0v) is 9.99. The van der Waals surface area contributed by atoms with Crippen LogP contribution in [0.5, 0.6) is 5.75 Å². The third-order valence-corrected chi connectivity index (χ3v) is 3.65. The Kier molecular flexibility index (Phi) is 3.20. The quantitative estimate of drug-likeness (QED) is 0.897. The summed E-state index contributed by atoms with van der Waals surface area (Å²) in [6.07, 6.45) is 0. The predicted molar refractivity (Wildman–Crippen MR) is 65.3 cm³/mol. The molecule has 0 aliphatic carbocycles. The lowest BCUT2D eigenvalue weighted by Crippen LogP contribution is -2.13. The molecule has 0 radical (unpaired) electrons. The molecule has 0 aliphatic rings.